The van der Waals surface area contributed by atoms with Crippen LogP contribution >= 0.6 is 0 Å². The Morgan fingerprint density at radius 2 is 2.28 bits per heavy atom. The molecule has 0 heterocycles. The monoisotopic (exact) mass is 248 g/mol. The Kier molecular flexibility index (Phi) is 4.61. The molecule has 0 saturated heterocycles. The van der Waals surface area contributed by atoms with Crippen molar-refractivity contribution in [2.75, 3.05) is 26.7 Å². The normalized spacial score (nSPS) is 18.9. The van der Waals surface area contributed by atoms with Crippen molar-refractivity contribution in [3.8, 4) is 5.75 Å². The average Bonchev–Trinajstić information content (AvgIpc) is 2.39. The molecule has 2 N–H and O–H groups in total. The molecule has 0 spiro atoms. The van der Waals surface area contributed by atoms with E-state index in [1.165, 1.54) is 24.0 Å². The first-order valence-electron chi connectivity index (χ1n) is 6.94. The first kappa shape index (κ1) is 13.4. The van der Waals surface area contributed by atoms with Crippen molar-refractivity contribution in [3.05, 3.63) is 29.3 Å². The Bertz CT molecular complexity index is 392. The molecule has 0 radical (unpaired) electrons. The minimum Gasteiger partial charge on any atom is -0.508 e. The van der Waals surface area contributed by atoms with Crippen molar-refractivity contribution >= 4 is 0 Å². The Labute approximate surface area is 110 Å². The summed E-state index contributed by atoms with van der Waals surface area (Å²) in [4.78, 5) is 2.30. The number of aromatic hydroxyl groups is 1. The van der Waals surface area contributed by atoms with Crippen LogP contribution in [0.1, 0.15) is 36.9 Å². The lowest BCUT2D eigenvalue weighted by Crippen LogP contribution is -2.33. The lowest BCUT2D eigenvalue weighted by molar-refractivity contribution is 0.333. The van der Waals surface area contributed by atoms with E-state index in [4.69, 9.17) is 0 Å². The van der Waals surface area contributed by atoms with Crippen LogP contribution in [0.3, 0.4) is 0 Å². The van der Waals surface area contributed by atoms with Crippen LogP contribution in [0.5, 0.6) is 5.75 Å². The first-order chi connectivity index (χ1) is 8.70. The molecule has 3 heteroatoms. The molecular weight excluding hydrogens is 224 g/mol. The van der Waals surface area contributed by atoms with E-state index in [2.05, 4.69) is 30.3 Å². The SMILES string of the molecule is CCN(C)CCNC1CCCc2ccc(O)cc21. The Morgan fingerprint density at radius 3 is 3.06 bits per heavy atom. The van der Waals surface area contributed by atoms with Gasteiger partial charge in [-0.3, -0.25) is 0 Å². The fraction of sp³-hybridized carbons (Fsp3) is 0.600. The van der Waals surface area contributed by atoms with Crippen molar-refractivity contribution in [3.63, 3.8) is 0 Å². The standard InChI is InChI=1S/C15H24N2O/c1-3-17(2)10-9-16-15-6-4-5-12-7-8-13(18)11-14(12)15/h7-8,11,15-16,18H,3-6,9-10H2,1-2H3. The fourth-order valence-electron chi connectivity index (χ4n) is 2.59. The van der Waals surface area contributed by atoms with Crippen molar-refractivity contribution in [2.45, 2.75) is 32.2 Å². The highest BCUT2D eigenvalue weighted by atomic mass is 16.3. The van der Waals surface area contributed by atoms with E-state index in [0.717, 1.165) is 26.1 Å². The highest BCUT2D eigenvalue weighted by molar-refractivity contribution is 5.38. The minimum atomic E-state index is 0.383. The zero-order valence-corrected chi connectivity index (χ0v) is 11.4. The summed E-state index contributed by atoms with van der Waals surface area (Å²) >= 11 is 0. The molecule has 100 valence electrons. The van der Waals surface area contributed by atoms with Gasteiger partial charge in [-0.05, 0) is 56.1 Å². The van der Waals surface area contributed by atoms with Crippen LogP contribution in [-0.4, -0.2) is 36.7 Å². The topological polar surface area (TPSA) is 35.5 Å². The Balaban J connectivity index is 1.97. The fourth-order valence-corrected chi connectivity index (χ4v) is 2.59. The van der Waals surface area contributed by atoms with Gasteiger partial charge >= 0.3 is 0 Å². The molecule has 1 unspecified atom stereocenters. The molecule has 0 fully saturated rings. The van der Waals surface area contributed by atoms with Crippen molar-refractivity contribution in [2.24, 2.45) is 0 Å². The van der Waals surface area contributed by atoms with E-state index in [-0.39, 0.29) is 0 Å². The number of fused-ring (bicyclic) bond motifs is 1. The van der Waals surface area contributed by atoms with Gasteiger partial charge in [0.15, 0.2) is 0 Å². The van der Waals surface area contributed by atoms with Crippen LogP contribution in [0.4, 0.5) is 0 Å². The Morgan fingerprint density at radius 1 is 1.44 bits per heavy atom. The van der Waals surface area contributed by atoms with E-state index in [0.29, 0.717) is 11.8 Å². The predicted molar refractivity (Wildman–Crippen MR) is 75.0 cm³/mol. The summed E-state index contributed by atoms with van der Waals surface area (Å²) in [6.07, 6.45) is 3.55. The molecule has 0 aliphatic heterocycles. The van der Waals surface area contributed by atoms with Gasteiger partial charge in [-0.25, -0.2) is 0 Å². The third-order valence-electron chi connectivity index (χ3n) is 3.87. The van der Waals surface area contributed by atoms with Crippen LogP contribution in [-0.2, 0) is 6.42 Å². The quantitative estimate of drug-likeness (QED) is 0.839. The van der Waals surface area contributed by atoms with Crippen molar-refractivity contribution in [1.29, 1.82) is 0 Å². The molecule has 1 aromatic rings. The van der Waals surface area contributed by atoms with Crippen LogP contribution in [0.25, 0.3) is 0 Å². The van der Waals surface area contributed by atoms with Crippen molar-refractivity contribution in [1.82, 2.24) is 10.2 Å². The molecule has 0 amide bonds. The number of likely N-dealkylation sites (N-methyl/N-ethyl adjacent to an activating group) is 1. The minimum absolute atomic E-state index is 0.383. The first-order valence-corrected chi connectivity index (χ1v) is 6.94. The molecule has 3 nitrogen and oxygen atoms in total. The smallest absolute Gasteiger partial charge is 0.115 e. The Hall–Kier alpha value is -1.06. The number of hydrogen-bond acceptors (Lipinski definition) is 3. The second-order valence-electron chi connectivity index (χ2n) is 5.18. The predicted octanol–water partition coefficient (Wildman–Crippen LogP) is 2.31. The summed E-state index contributed by atoms with van der Waals surface area (Å²) in [5, 5.41) is 13.2. The lowest BCUT2D eigenvalue weighted by Gasteiger charge is -2.27. The van der Waals surface area contributed by atoms with Gasteiger partial charge in [0.2, 0.25) is 0 Å². The molecule has 18 heavy (non-hydrogen) atoms. The molecule has 0 bridgehead atoms. The van der Waals surface area contributed by atoms with E-state index in [1.54, 1.807) is 6.07 Å². The molecule has 1 aromatic carbocycles. The zero-order chi connectivity index (χ0) is 13.0. The second-order valence-corrected chi connectivity index (χ2v) is 5.18. The summed E-state index contributed by atoms with van der Waals surface area (Å²) in [5.41, 5.74) is 2.68. The van der Waals surface area contributed by atoms with Gasteiger partial charge in [0.1, 0.15) is 5.75 Å². The maximum absolute atomic E-state index is 9.62. The zero-order valence-electron chi connectivity index (χ0n) is 11.4. The van der Waals surface area contributed by atoms with E-state index >= 15 is 0 Å². The number of benzene rings is 1. The summed E-state index contributed by atoms with van der Waals surface area (Å²) < 4.78 is 0. The number of phenols is 1. The number of nitrogens with one attached hydrogen (secondary N) is 1. The number of rotatable bonds is 5. The highest BCUT2D eigenvalue weighted by Crippen LogP contribution is 2.31. The number of aryl methyl sites for hydroxylation is 1. The van der Waals surface area contributed by atoms with Crippen LogP contribution in [0.15, 0.2) is 18.2 Å². The average molecular weight is 248 g/mol. The number of nitrogens with zero attached hydrogens (tertiary/aromatic N) is 1. The molecule has 1 aliphatic rings. The van der Waals surface area contributed by atoms with Gasteiger partial charge in [0.05, 0.1) is 0 Å². The summed E-state index contributed by atoms with van der Waals surface area (Å²) in [7, 11) is 2.14. The summed E-state index contributed by atoms with van der Waals surface area (Å²) in [6.45, 7) is 5.34. The van der Waals surface area contributed by atoms with Crippen molar-refractivity contribution < 1.29 is 5.11 Å². The summed E-state index contributed by atoms with van der Waals surface area (Å²) in [5.74, 6) is 0.383. The molecule has 0 saturated carbocycles. The summed E-state index contributed by atoms with van der Waals surface area (Å²) in [6, 6.07) is 6.20. The van der Waals surface area contributed by atoms with Gasteiger partial charge in [-0.15, -0.1) is 0 Å². The van der Waals surface area contributed by atoms with Gasteiger partial charge in [-0.1, -0.05) is 13.0 Å². The van der Waals surface area contributed by atoms with Crippen LogP contribution in [0, 0.1) is 0 Å². The largest absolute Gasteiger partial charge is 0.508 e. The molecule has 1 atom stereocenters. The van der Waals surface area contributed by atoms with E-state index in [9.17, 15) is 5.11 Å². The maximum Gasteiger partial charge on any atom is 0.115 e. The lowest BCUT2D eigenvalue weighted by atomic mass is 9.87. The molecule has 0 aromatic heterocycles. The van der Waals surface area contributed by atoms with E-state index in [1.807, 2.05) is 6.07 Å². The van der Waals surface area contributed by atoms with Crippen LogP contribution in [0.2, 0.25) is 0 Å². The van der Waals surface area contributed by atoms with E-state index < -0.39 is 0 Å². The van der Waals surface area contributed by atoms with Crippen LogP contribution < -0.4 is 5.32 Å². The highest BCUT2D eigenvalue weighted by Gasteiger charge is 2.19. The third kappa shape index (κ3) is 3.24. The number of phenolic OH excluding ortho intramolecular Hbond substituents is 1. The van der Waals surface area contributed by atoms with Gasteiger partial charge in [0, 0.05) is 19.1 Å². The second kappa shape index (κ2) is 6.21. The number of hydrogen-bond donors (Lipinski definition) is 2. The van der Waals surface area contributed by atoms with Gasteiger partial charge in [0.25, 0.3) is 0 Å². The maximum atomic E-state index is 9.62. The third-order valence-corrected chi connectivity index (χ3v) is 3.87. The molecular formula is C15H24N2O. The molecule has 1 aliphatic carbocycles. The molecule has 2 rings (SSSR count). The van der Waals surface area contributed by atoms with Gasteiger partial charge in [-0.2, -0.15) is 0 Å². The van der Waals surface area contributed by atoms with Gasteiger partial charge < -0.3 is 15.3 Å².